The quantitative estimate of drug-likeness (QED) is 0.726. The van der Waals surface area contributed by atoms with Gasteiger partial charge in [0.25, 0.3) is 0 Å². The molecule has 0 bridgehead atoms. The minimum Gasteiger partial charge on any atom is -0.490 e. The summed E-state index contributed by atoms with van der Waals surface area (Å²) in [6.45, 7) is 1.98. The van der Waals surface area contributed by atoms with E-state index in [0.717, 1.165) is 12.4 Å². The largest absolute Gasteiger partial charge is 0.490 e. The van der Waals surface area contributed by atoms with E-state index in [9.17, 15) is 0 Å². The van der Waals surface area contributed by atoms with Crippen LogP contribution in [0.5, 0.6) is 5.75 Å². The first-order valence-corrected chi connectivity index (χ1v) is 5.09. The summed E-state index contributed by atoms with van der Waals surface area (Å²) in [6.07, 6.45) is 6.05. The van der Waals surface area contributed by atoms with Crippen LogP contribution in [0, 0.1) is 0 Å². The summed E-state index contributed by atoms with van der Waals surface area (Å²) in [7, 11) is 2.16. The van der Waals surface area contributed by atoms with Gasteiger partial charge >= 0.3 is 0 Å². The maximum absolute atomic E-state index is 5.66. The Morgan fingerprint density at radius 3 is 3.21 bits per heavy atom. The van der Waals surface area contributed by atoms with Crippen molar-refractivity contribution in [1.82, 2.24) is 9.88 Å². The van der Waals surface area contributed by atoms with Crippen LogP contribution in [0.3, 0.4) is 0 Å². The number of pyridine rings is 1. The Labute approximate surface area is 84.7 Å². The fourth-order valence-corrected chi connectivity index (χ4v) is 1.81. The van der Waals surface area contributed by atoms with Crippen molar-refractivity contribution in [3.05, 3.63) is 24.5 Å². The Bertz CT molecular complexity index is 276. The van der Waals surface area contributed by atoms with Crippen LogP contribution >= 0.6 is 0 Å². The molecular weight excluding hydrogens is 176 g/mol. The van der Waals surface area contributed by atoms with Gasteiger partial charge in [0, 0.05) is 12.2 Å². The van der Waals surface area contributed by atoms with E-state index in [1.165, 1.54) is 19.4 Å². The molecule has 0 saturated carbocycles. The van der Waals surface area contributed by atoms with Crippen LogP contribution in [-0.4, -0.2) is 36.1 Å². The molecular formula is C11H16N2O. The smallest absolute Gasteiger partial charge is 0.137 e. The van der Waals surface area contributed by atoms with Crippen LogP contribution in [-0.2, 0) is 0 Å². The summed E-state index contributed by atoms with van der Waals surface area (Å²) >= 11 is 0. The van der Waals surface area contributed by atoms with E-state index < -0.39 is 0 Å². The second-order valence-corrected chi connectivity index (χ2v) is 3.78. The standard InChI is InChI=1S/C11H16N2O/c1-13-7-3-4-10(13)9-14-11-5-2-6-12-8-11/h2,5-6,8,10H,3-4,7,9H2,1H3/t10-/m0/s1. The summed E-state index contributed by atoms with van der Waals surface area (Å²) in [6, 6.07) is 4.42. The zero-order valence-electron chi connectivity index (χ0n) is 8.52. The minimum atomic E-state index is 0.579. The molecule has 0 spiro atoms. The fraction of sp³-hybridized carbons (Fsp3) is 0.545. The van der Waals surface area contributed by atoms with Crippen LogP contribution in [0.15, 0.2) is 24.5 Å². The van der Waals surface area contributed by atoms with E-state index in [2.05, 4.69) is 16.9 Å². The van der Waals surface area contributed by atoms with E-state index in [0.29, 0.717) is 6.04 Å². The molecule has 3 heteroatoms. The van der Waals surface area contributed by atoms with Gasteiger partial charge in [-0.25, -0.2) is 0 Å². The van der Waals surface area contributed by atoms with Crippen LogP contribution < -0.4 is 4.74 Å². The summed E-state index contributed by atoms with van der Waals surface area (Å²) in [5.41, 5.74) is 0. The van der Waals surface area contributed by atoms with Gasteiger partial charge in [-0.15, -0.1) is 0 Å². The van der Waals surface area contributed by atoms with E-state index in [1.54, 1.807) is 12.4 Å². The summed E-state index contributed by atoms with van der Waals surface area (Å²) in [5, 5.41) is 0. The summed E-state index contributed by atoms with van der Waals surface area (Å²) < 4.78 is 5.66. The lowest BCUT2D eigenvalue weighted by Crippen LogP contribution is -2.30. The number of hydrogen-bond acceptors (Lipinski definition) is 3. The molecule has 1 aromatic heterocycles. The first-order chi connectivity index (χ1) is 6.86. The topological polar surface area (TPSA) is 25.4 Å². The van der Waals surface area contributed by atoms with Gasteiger partial charge in [-0.1, -0.05) is 0 Å². The molecule has 0 aromatic carbocycles. The highest BCUT2D eigenvalue weighted by Crippen LogP contribution is 2.16. The van der Waals surface area contributed by atoms with Gasteiger partial charge in [0.1, 0.15) is 12.4 Å². The normalized spacial score (nSPS) is 22.5. The molecule has 0 aliphatic carbocycles. The van der Waals surface area contributed by atoms with Gasteiger partial charge in [-0.2, -0.15) is 0 Å². The van der Waals surface area contributed by atoms with E-state index in [4.69, 9.17) is 4.74 Å². The Balaban J connectivity index is 1.82. The van der Waals surface area contributed by atoms with Crippen LogP contribution in [0.1, 0.15) is 12.8 Å². The van der Waals surface area contributed by atoms with E-state index in [-0.39, 0.29) is 0 Å². The highest BCUT2D eigenvalue weighted by atomic mass is 16.5. The molecule has 1 saturated heterocycles. The second-order valence-electron chi connectivity index (χ2n) is 3.78. The lowest BCUT2D eigenvalue weighted by atomic mass is 10.2. The molecule has 76 valence electrons. The lowest BCUT2D eigenvalue weighted by molar-refractivity contribution is 0.198. The van der Waals surface area contributed by atoms with Gasteiger partial charge in [0.2, 0.25) is 0 Å². The SMILES string of the molecule is CN1CCC[C@H]1COc1cccnc1. The fourth-order valence-electron chi connectivity index (χ4n) is 1.81. The number of ether oxygens (including phenoxy) is 1. The number of hydrogen-bond donors (Lipinski definition) is 0. The Hall–Kier alpha value is -1.09. The Morgan fingerprint density at radius 1 is 1.64 bits per heavy atom. The molecule has 1 aliphatic rings. The zero-order chi connectivity index (χ0) is 9.80. The third kappa shape index (κ3) is 2.23. The predicted octanol–water partition coefficient (Wildman–Crippen LogP) is 1.55. The number of nitrogens with zero attached hydrogens (tertiary/aromatic N) is 2. The first kappa shape index (κ1) is 9.46. The van der Waals surface area contributed by atoms with Crippen molar-refractivity contribution in [2.24, 2.45) is 0 Å². The highest BCUT2D eigenvalue weighted by Gasteiger charge is 2.20. The predicted molar refractivity (Wildman–Crippen MR) is 55.4 cm³/mol. The van der Waals surface area contributed by atoms with Crippen molar-refractivity contribution >= 4 is 0 Å². The first-order valence-electron chi connectivity index (χ1n) is 5.09. The monoisotopic (exact) mass is 192 g/mol. The second kappa shape index (κ2) is 4.42. The number of rotatable bonds is 3. The molecule has 0 unspecified atom stereocenters. The van der Waals surface area contributed by atoms with Crippen LogP contribution in [0.25, 0.3) is 0 Å². The van der Waals surface area contributed by atoms with Crippen molar-refractivity contribution in [3.8, 4) is 5.75 Å². The molecule has 1 atom stereocenters. The molecule has 3 nitrogen and oxygen atoms in total. The van der Waals surface area contributed by atoms with Crippen molar-refractivity contribution in [1.29, 1.82) is 0 Å². The maximum atomic E-state index is 5.66. The van der Waals surface area contributed by atoms with Crippen molar-refractivity contribution < 1.29 is 4.74 Å². The Morgan fingerprint density at radius 2 is 2.57 bits per heavy atom. The summed E-state index contributed by atoms with van der Waals surface area (Å²) in [4.78, 5) is 6.37. The van der Waals surface area contributed by atoms with Gasteiger partial charge in [-0.3, -0.25) is 4.98 Å². The average molecular weight is 192 g/mol. The number of likely N-dealkylation sites (tertiary alicyclic amines) is 1. The molecule has 1 aliphatic heterocycles. The lowest BCUT2D eigenvalue weighted by Gasteiger charge is -2.19. The van der Waals surface area contributed by atoms with Gasteiger partial charge in [-0.05, 0) is 38.6 Å². The zero-order valence-corrected chi connectivity index (χ0v) is 8.52. The molecule has 0 N–H and O–H groups in total. The maximum Gasteiger partial charge on any atom is 0.137 e. The van der Waals surface area contributed by atoms with Gasteiger partial charge in [0.05, 0.1) is 6.20 Å². The molecule has 1 fully saturated rings. The van der Waals surface area contributed by atoms with Gasteiger partial charge in [0.15, 0.2) is 0 Å². The van der Waals surface area contributed by atoms with Crippen molar-refractivity contribution in [2.75, 3.05) is 20.2 Å². The number of aromatic nitrogens is 1. The third-order valence-corrected chi connectivity index (χ3v) is 2.75. The van der Waals surface area contributed by atoms with Crippen LogP contribution in [0.2, 0.25) is 0 Å². The number of likely N-dealkylation sites (N-methyl/N-ethyl adjacent to an activating group) is 1. The molecule has 0 radical (unpaired) electrons. The van der Waals surface area contributed by atoms with Crippen molar-refractivity contribution in [3.63, 3.8) is 0 Å². The minimum absolute atomic E-state index is 0.579. The molecule has 14 heavy (non-hydrogen) atoms. The van der Waals surface area contributed by atoms with Crippen molar-refractivity contribution in [2.45, 2.75) is 18.9 Å². The highest BCUT2D eigenvalue weighted by molar-refractivity contribution is 5.15. The molecule has 2 heterocycles. The molecule has 1 aromatic rings. The average Bonchev–Trinajstić information content (AvgIpc) is 2.63. The van der Waals surface area contributed by atoms with Crippen LogP contribution in [0.4, 0.5) is 0 Å². The summed E-state index contributed by atoms with van der Waals surface area (Å²) in [5.74, 6) is 0.868. The molecule has 2 rings (SSSR count). The molecule has 0 amide bonds. The van der Waals surface area contributed by atoms with Gasteiger partial charge < -0.3 is 9.64 Å². The Kier molecular flexibility index (Phi) is 2.99. The third-order valence-electron chi connectivity index (χ3n) is 2.75. The van der Waals surface area contributed by atoms with E-state index >= 15 is 0 Å². The van der Waals surface area contributed by atoms with E-state index in [1.807, 2.05) is 12.1 Å².